The van der Waals surface area contributed by atoms with E-state index in [4.69, 9.17) is 5.73 Å². The Balaban J connectivity index is 2.06. The summed E-state index contributed by atoms with van der Waals surface area (Å²) in [5.41, 5.74) is 10.3. The van der Waals surface area contributed by atoms with Crippen LogP contribution >= 0.6 is 0 Å². The minimum atomic E-state index is -3.78. The molecule has 0 radical (unpaired) electrons. The van der Waals surface area contributed by atoms with Gasteiger partial charge in [0, 0.05) is 0 Å². The summed E-state index contributed by atoms with van der Waals surface area (Å²) >= 11 is 0. The molecule has 0 unspecified atom stereocenters. The maximum atomic E-state index is 13.3. The summed E-state index contributed by atoms with van der Waals surface area (Å²) in [7, 11) is -3.78. The van der Waals surface area contributed by atoms with E-state index in [0.717, 1.165) is 11.1 Å². The lowest BCUT2D eigenvalue weighted by molar-refractivity contribution is 0.249. The van der Waals surface area contributed by atoms with Crippen LogP contribution in [-0.2, 0) is 16.4 Å². The van der Waals surface area contributed by atoms with Crippen LogP contribution in [-0.4, -0.2) is 26.7 Å². The van der Waals surface area contributed by atoms with Crippen LogP contribution in [0.4, 0.5) is 10.5 Å². The number of amides is 2. The third kappa shape index (κ3) is 3.70. The van der Waals surface area contributed by atoms with Crippen molar-refractivity contribution in [2.24, 2.45) is 10.8 Å². The number of carbonyl (C=O) groups excluding carboxylic acids is 1. The molecule has 0 spiro atoms. The molecule has 2 aromatic rings. The van der Waals surface area contributed by atoms with Crippen molar-refractivity contribution in [1.82, 2.24) is 5.43 Å². The average Bonchev–Trinajstić information content (AvgIpc) is 2.80. The van der Waals surface area contributed by atoms with Crippen LogP contribution in [0.15, 0.2) is 58.5 Å². The maximum Gasteiger partial charge on any atom is 0.332 e. The Morgan fingerprint density at radius 1 is 1.12 bits per heavy atom. The van der Waals surface area contributed by atoms with Gasteiger partial charge in [-0.05, 0) is 43.5 Å². The van der Waals surface area contributed by atoms with Gasteiger partial charge in [0.1, 0.15) is 0 Å². The second-order valence-corrected chi connectivity index (χ2v) is 7.97. The molecule has 1 heterocycles. The van der Waals surface area contributed by atoms with Crippen LogP contribution in [0.5, 0.6) is 0 Å². The Morgan fingerprint density at radius 3 is 2.50 bits per heavy atom. The molecule has 136 valence electrons. The molecule has 7 nitrogen and oxygen atoms in total. The third-order valence-corrected chi connectivity index (χ3v) is 5.98. The molecule has 8 heteroatoms. The Hall–Kier alpha value is -2.87. The number of para-hydroxylation sites is 1. The number of hydrazone groups is 1. The van der Waals surface area contributed by atoms with E-state index in [1.807, 2.05) is 19.1 Å². The van der Waals surface area contributed by atoms with Gasteiger partial charge in [-0.15, -0.1) is 0 Å². The fourth-order valence-electron chi connectivity index (χ4n) is 2.85. The van der Waals surface area contributed by atoms with Gasteiger partial charge in [-0.2, -0.15) is 5.10 Å². The number of fused-ring (bicyclic) bond motifs is 1. The predicted octanol–water partition coefficient (Wildman–Crippen LogP) is 2.16. The van der Waals surface area contributed by atoms with Crippen molar-refractivity contribution in [2.45, 2.75) is 24.7 Å². The van der Waals surface area contributed by atoms with Gasteiger partial charge in [0.05, 0.1) is 22.8 Å². The molecule has 3 N–H and O–H groups in total. The molecular weight excluding hydrogens is 352 g/mol. The highest BCUT2D eigenvalue weighted by Gasteiger charge is 2.30. The second kappa shape index (κ2) is 7.17. The number of nitrogens with one attached hydrogen (secondary N) is 1. The first-order valence-electron chi connectivity index (χ1n) is 8.16. The van der Waals surface area contributed by atoms with Crippen molar-refractivity contribution >= 4 is 27.5 Å². The number of urea groups is 1. The van der Waals surface area contributed by atoms with Gasteiger partial charge in [-0.1, -0.05) is 35.9 Å². The highest BCUT2D eigenvalue weighted by Crippen LogP contribution is 2.30. The number of anilines is 1. The van der Waals surface area contributed by atoms with Crippen LogP contribution in [0.25, 0.3) is 0 Å². The molecule has 0 bridgehead atoms. The molecule has 0 saturated heterocycles. The molecule has 0 aromatic heterocycles. The molecule has 2 amide bonds. The summed E-state index contributed by atoms with van der Waals surface area (Å²) in [6.07, 6.45) is 1.15. The predicted molar refractivity (Wildman–Crippen MR) is 101 cm³/mol. The van der Waals surface area contributed by atoms with Gasteiger partial charge in [0.15, 0.2) is 0 Å². The van der Waals surface area contributed by atoms with Gasteiger partial charge in [0.25, 0.3) is 10.0 Å². The lowest BCUT2D eigenvalue weighted by atomic mass is 10.1. The molecule has 1 aliphatic rings. The zero-order valence-corrected chi connectivity index (χ0v) is 15.2. The normalized spacial score (nSPS) is 16.0. The lowest BCUT2D eigenvalue weighted by Gasteiger charge is -2.24. The minimum absolute atomic E-state index is 0.0491. The number of aryl methyl sites for hydroxylation is 2. The molecule has 2 aromatic carbocycles. The summed E-state index contributed by atoms with van der Waals surface area (Å²) in [5.74, 6) is 0. The number of rotatable bonds is 3. The third-order valence-electron chi connectivity index (χ3n) is 4.20. The molecule has 0 saturated carbocycles. The number of sulfonamides is 1. The van der Waals surface area contributed by atoms with Crippen LogP contribution in [0, 0.1) is 6.92 Å². The molecule has 0 aliphatic carbocycles. The summed E-state index contributed by atoms with van der Waals surface area (Å²) in [6, 6.07) is 13.3. The van der Waals surface area contributed by atoms with Gasteiger partial charge in [-0.3, -0.25) is 4.31 Å². The summed E-state index contributed by atoms with van der Waals surface area (Å²) in [5, 5.41) is 3.98. The van der Waals surface area contributed by atoms with E-state index in [2.05, 4.69) is 10.5 Å². The number of nitrogens with two attached hydrogens (primary N) is 1. The first kappa shape index (κ1) is 17.9. The average molecular weight is 372 g/mol. The van der Waals surface area contributed by atoms with Crippen LogP contribution in [0.1, 0.15) is 17.5 Å². The number of hydrogen-bond donors (Lipinski definition) is 2. The number of carbonyl (C=O) groups is 1. The number of hydrogen-bond acceptors (Lipinski definition) is 4. The fourth-order valence-corrected chi connectivity index (χ4v) is 4.34. The van der Waals surface area contributed by atoms with Crippen LogP contribution in [0.3, 0.4) is 0 Å². The van der Waals surface area contributed by atoms with Crippen molar-refractivity contribution in [3.05, 3.63) is 59.7 Å². The number of benzene rings is 2. The first-order valence-corrected chi connectivity index (χ1v) is 9.60. The minimum Gasteiger partial charge on any atom is -0.350 e. The number of primary amides is 1. The molecular formula is C18H20N4O3S. The second-order valence-electron chi connectivity index (χ2n) is 6.11. The van der Waals surface area contributed by atoms with Crippen molar-refractivity contribution in [3.63, 3.8) is 0 Å². The molecule has 0 atom stereocenters. The summed E-state index contributed by atoms with van der Waals surface area (Å²) in [4.78, 5) is 11.2. The van der Waals surface area contributed by atoms with E-state index in [-0.39, 0.29) is 11.4 Å². The standard InChI is InChI=1S/C18H20N4O3S/c1-13-6-10-16(11-7-13)26(24,25)22-12-15(20-21-18(19)23)9-8-14-4-2-3-5-17(14)22/h2-7,10-11H,8-9,12H2,1H3,(H3,19,21,23)/b20-15+. The summed E-state index contributed by atoms with van der Waals surface area (Å²) < 4.78 is 27.8. The topological polar surface area (TPSA) is 105 Å². The highest BCUT2D eigenvalue weighted by molar-refractivity contribution is 7.92. The van der Waals surface area contributed by atoms with Gasteiger partial charge < -0.3 is 5.73 Å². The van der Waals surface area contributed by atoms with E-state index in [1.165, 1.54) is 4.31 Å². The number of nitrogens with zero attached hydrogens (tertiary/aromatic N) is 2. The van der Waals surface area contributed by atoms with Crippen molar-refractivity contribution < 1.29 is 13.2 Å². The maximum absolute atomic E-state index is 13.3. The first-order chi connectivity index (χ1) is 12.4. The zero-order chi connectivity index (χ0) is 18.7. The monoisotopic (exact) mass is 372 g/mol. The van der Waals surface area contributed by atoms with E-state index < -0.39 is 16.1 Å². The Morgan fingerprint density at radius 2 is 1.81 bits per heavy atom. The zero-order valence-electron chi connectivity index (χ0n) is 14.3. The molecule has 1 aliphatic heterocycles. The van der Waals surface area contributed by atoms with Gasteiger partial charge >= 0.3 is 6.03 Å². The SMILES string of the molecule is Cc1ccc(S(=O)(=O)N2C/C(=N/NC(N)=O)CCc3ccccc32)cc1. The van der Waals surface area contributed by atoms with Crippen molar-refractivity contribution in [1.29, 1.82) is 0 Å². The largest absolute Gasteiger partial charge is 0.350 e. The molecule has 26 heavy (non-hydrogen) atoms. The van der Waals surface area contributed by atoms with Crippen LogP contribution in [0.2, 0.25) is 0 Å². The van der Waals surface area contributed by atoms with Gasteiger partial charge in [-0.25, -0.2) is 18.6 Å². The van der Waals surface area contributed by atoms with E-state index in [9.17, 15) is 13.2 Å². The molecule has 3 rings (SSSR count). The van der Waals surface area contributed by atoms with Crippen molar-refractivity contribution in [2.75, 3.05) is 10.8 Å². The highest BCUT2D eigenvalue weighted by atomic mass is 32.2. The quantitative estimate of drug-likeness (QED) is 0.807. The Labute approximate surface area is 152 Å². The Kier molecular flexibility index (Phi) is 4.94. The smallest absolute Gasteiger partial charge is 0.332 e. The van der Waals surface area contributed by atoms with Gasteiger partial charge in [0.2, 0.25) is 0 Å². The van der Waals surface area contributed by atoms with E-state index in [1.54, 1.807) is 36.4 Å². The summed E-state index contributed by atoms with van der Waals surface area (Å²) in [6.45, 7) is 1.95. The van der Waals surface area contributed by atoms with E-state index in [0.29, 0.717) is 24.2 Å². The Bertz CT molecular complexity index is 953. The van der Waals surface area contributed by atoms with Crippen molar-refractivity contribution in [3.8, 4) is 0 Å². The fraction of sp³-hybridized carbons (Fsp3) is 0.222. The lowest BCUT2D eigenvalue weighted by Crippen LogP contribution is -2.36. The molecule has 0 fully saturated rings. The van der Waals surface area contributed by atoms with E-state index >= 15 is 0 Å². The van der Waals surface area contributed by atoms with Crippen LogP contribution < -0.4 is 15.5 Å².